The van der Waals surface area contributed by atoms with E-state index in [0.717, 1.165) is 15.6 Å². The number of allylic oxidation sites excluding steroid dienone is 2. The van der Waals surface area contributed by atoms with Crippen LogP contribution in [0.25, 0.3) is 0 Å². The van der Waals surface area contributed by atoms with Gasteiger partial charge in [-0.2, -0.15) is 0 Å². The smallest absolute Gasteiger partial charge is 0.101 e. The third kappa shape index (κ3) is 1.49. The number of halogens is 1. The Morgan fingerprint density at radius 2 is 2.40 bits per heavy atom. The van der Waals surface area contributed by atoms with Crippen molar-refractivity contribution < 1.29 is 5.11 Å². The summed E-state index contributed by atoms with van der Waals surface area (Å²) in [5, 5.41) is 9.41. The second-order valence-corrected chi connectivity index (χ2v) is 2.97. The van der Waals surface area contributed by atoms with Gasteiger partial charge in [0.1, 0.15) is 6.10 Å². The summed E-state index contributed by atoms with van der Waals surface area (Å²) in [7, 11) is 0. The van der Waals surface area contributed by atoms with Crippen LogP contribution in [0.3, 0.4) is 0 Å². The Labute approximate surface area is 74.3 Å². The lowest BCUT2D eigenvalue weighted by molar-refractivity contribution is 0.251. The molecule has 0 bridgehead atoms. The highest BCUT2D eigenvalue weighted by Crippen LogP contribution is 2.18. The highest BCUT2D eigenvalue weighted by Gasteiger charge is 2.12. The summed E-state index contributed by atoms with van der Waals surface area (Å²) in [4.78, 5) is 0. The number of aliphatic hydroxyl groups is 1. The van der Waals surface area contributed by atoms with Crippen LogP contribution in [0.2, 0.25) is 0 Å². The molecule has 1 atom stereocenters. The zero-order valence-electron chi connectivity index (χ0n) is 5.55. The fourth-order valence-corrected chi connectivity index (χ4v) is 1.50. The minimum Gasteiger partial charge on any atom is -0.384 e. The van der Waals surface area contributed by atoms with Gasteiger partial charge in [-0.05, 0) is 11.1 Å². The van der Waals surface area contributed by atoms with Crippen LogP contribution in [-0.2, 0) is 0 Å². The highest BCUT2D eigenvalue weighted by atomic mass is 127. The van der Waals surface area contributed by atoms with E-state index >= 15 is 0 Å². The van der Waals surface area contributed by atoms with Gasteiger partial charge >= 0.3 is 0 Å². The number of hydrogen-bond acceptors (Lipinski definition) is 1. The lowest BCUT2D eigenvalue weighted by atomic mass is 9.99. The fourth-order valence-electron chi connectivity index (χ4n) is 0.833. The van der Waals surface area contributed by atoms with E-state index in [1.54, 1.807) is 0 Å². The van der Waals surface area contributed by atoms with Crippen molar-refractivity contribution in [2.45, 2.75) is 6.10 Å². The lowest BCUT2D eigenvalue weighted by Gasteiger charge is -2.15. The number of rotatable bonds is 1. The van der Waals surface area contributed by atoms with E-state index in [0.29, 0.717) is 0 Å². The number of hydrogen-bond donors (Lipinski definition) is 1. The largest absolute Gasteiger partial charge is 0.384 e. The third-order valence-corrected chi connectivity index (χ3v) is 2.36. The van der Waals surface area contributed by atoms with Crippen molar-refractivity contribution in [3.8, 4) is 0 Å². The first-order chi connectivity index (χ1) is 4.75. The quantitative estimate of drug-likeness (QED) is 0.554. The predicted octanol–water partition coefficient (Wildman–Crippen LogP) is 1.83. The van der Waals surface area contributed by atoms with E-state index in [1.165, 1.54) is 0 Å². The molecule has 0 radical (unpaired) electrons. The van der Waals surface area contributed by atoms with Gasteiger partial charge in [0.25, 0.3) is 0 Å². The van der Waals surface area contributed by atoms with Crippen LogP contribution in [0.1, 0.15) is 0 Å². The minimum atomic E-state index is -0.443. The van der Waals surface area contributed by atoms with Gasteiger partial charge in [0, 0.05) is 4.43 Å². The van der Waals surface area contributed by atoms with Crippen molar-refractivity contribution in [2.24, 2.45) is 0 Å². The summed E-state index contributed by atoms with van der Waals surface area (Å²) in [6, 6.07) is 0. The van der Waals surface area contributed by atoms with Gasteiger partial charge in [0.15, 0.2) is 0 Å². The molecule has 1 nitrogen and oxygen atoms in total. The first-order valence-electron chi connectivity index (χ1n) is 3.05. The predicted molar refractivity (Wildman–Crippen MR) is 51.3 cm³/mol. The maximum Gasteiger partial charge on any atom is 0.101 e. The van der Waals surface area contributed by atoms with E-state index in [1.807, 2.05) is 18.2 Å². The minimum absolute atomic E-state index is 0.443. The van der Waals surface area contributed by atoms with Gasteiger partial charge in [-0.15, -0.1) is 0 Å². The Morgan fingerprint density at radius 3 is 2.90 bits per heavy atom. The molecule has 54 valence electrons. The van der Waals surface area contributed by atoms with Crippen molar-refractivity contribution in [3.63, 3.8) is 0 Å². The molecule has 0 aromatic rings. The second kappa shape index (κ2) is 3.34. The Bertz CT molecular complexity index is 203. The molecule has 1 rings (SSSR count). The van der Waals surface area contributed by atoms with Crippen LogP contribution in [0, 0.1) is 0 Å². The molecule has 0 spiro atoms. The summed E-state index contributed by atoms with van der Waals surface area (Å²) in [5.74, 6) is 0. The van der Waals surface area contributed by atoms with E-state index in [9.17, 15) is 5.11 Å². The van der Waals surface area contributed by atoms with Gasteiger partial charge < -0.3 is 5.11 Å². The van der Waals surface area contributed by atoms with E-state index in [2.05, 4.69) is 29.2 Å². The Balaban J connectivity index is 2.81. The van der Waals surface area contributed by atoms with Gasteiger partial charge in [-0.25, -0.2) is 0 Å². The zero-order valence-corrected chi connectivity index (χ0v) is 7.71. The molecule has 2 heteroatoms. The first kappa shape index (κ1) is 8.01. The molecule has 0 aromatic carbocycles. The van der Waals surface area contributed by atoms with Crippen LogP contribution >= 0.6 is 22.6 Å². The fraction of sp³-hybridized carbons (Fsp3) is 0.250. The summed E-state index contributed by atoms with van der Waals surface area (Å²) >= 11 is 2.23. The van der Waals surface area contributed by atoms with Gasteiger partial charge in [-0.3, -0.25) is 0 Å². The molecular formula is C8H9IO. The van der Waals surface area contributed by atoms with Gasteiger partial charge in [0.05, 0.1) is 0 Å². The summed E-state index contributed by atoms with van der Waals surface area (Å²) in [5.41, 5.74) is 1.82. The molecule has 0 fully saturated rings. The Kier molecular flexibility index (Phi) is 2.68. The molecule has 0 saturated heterocycles. The van der Waals surface area contributed by atoms with Crippen molar-refractivity contribution in [2.75, 3.05) is 4.43 Å². The molecule has 1 unspecified atom stereocenters. The average Bonchev–Trinajstić information content (AvgIpc) is 1.95. The number of alkyl halides is 1. The summed E-state index contributed by atoms with van der Waals surface area (Å²) in [6.45, 7) is 3.71. The highest BCUT2D eigenvalue weighted by molar-refractivity contribution is 14.1. The van der Waals surface area contributed by atoms with Crippen molar-refractivity contribution >= 4 is 22.6 Å². The Hall–Kier alpha value is -0.0900. The van der Waals surface area contributed by atoms with Gasteiger partial charge in [0.2, 0.25) is 0 Å². The molecule has 1 aliphatic rings. The normalized spacial score (nSPS) is 24.8. The van der Waals surface area contributed by atoms with E-state index in [4.69, 9.17) is 0 Å². The van der Waals surface area contributed by atoms with Crippen molar-refractivity contribution in [3.05, 3.63) is 36.0 Å². The van der Waals surface area contributed by atoms with Crippen LogP contribution < -0.4 is 0 Å². The van der Waals surface area contributed by atoms with E-state index < -0.39 is 6.10 Å². The second-order valence-electron chi connectivity index (χ2n) is 2.21. The maximum absolute atomic E-state index is 9.41. The first-order valence-corrected chi connectivity index (χ1v) is 4.58. The van der Waals surface area contributed by atoms with Crippen LogP contribution in [-0.4, -0.2) is 15.6 Å². The SMILES string of the molecule is C=C1C=CC=C(CI)C1O. The standard InChI is InChI=1S/C8H9IO/c1-6-3-2-4-7(5-9)8(6)10/h2-4,8,10H,1,5H2. The molecule has 0 saturated carbocycles. The molecule has 1 aliphatic carbocycles. The maximum atomic E-state index is 9.41. The van der Waals surface area contributed by atoms with Crippen LogP contribution in [0.5, 0.6) is 0 Å². The molecule has 0 aliphatic heterocycles. The van der Waals surface area contributed by atoms with Crippen molar-refractivity contribution in [1.82, 2.24) is 0 Å². The molecule has 0 aromatic heterocycles. The van der Waals surface area contributed by atoms with Crippen molar-refractivity contribution in [1.29, 1.82) is 0 Å². The van der Waals surface area contributed by atoms with Crippen LogP contribution in [0.15, 0.2) is 36.0 Å². The molecule has 0 heterocycles. The van der Waals surface area contributed by atoms with Gasteiger partial charge in [-0.1, -0.05) is 47.4 Å². The zero-order chi connectivity index (χ0) is 7.56. The van der Waals surface area contributed by atoms with E-state index in [-0.39, 0.29) is 0 Å². The topological polar surface area (TPSA) is 20.2 Å². The average molecular weight is 248 g/mol. The molecule has 10 heavy (non-hydrogen) atoms. The third-order valence-electron chi connectivity index (χ3n) is 1.48. The lowest BCUT2D eigenvalue weighted by Crippen LogP contribution is -2.14. The molecule has 1 N–H and O–H groups in total. The summed E-state index contributed by atoms with van der Waals surface area (Å²) < 4.78 is 0.863. The summed E-state index contributed by atoms with van der Waals surface area (Å²) in [6.07, 6.45) is 5.25. The monoisotopic (exact) mass is 248 g/mol. The molecular weight excluding hydrogens is 239 g/mol. The van der Waals surface area contributed by atoms with Crippen LogP contribution in [0.4, 0.5) is 0 Å². The number of aliphatic hydroxyl groups excluding tert-OH is 1. The molecule has 0 amide bonds. The Morgan fingerprint density at radius 1 is 1.70 bits per heavy atom.